The summed E-state index contributed by atoms with van der Waals surface area (Å²) in [5.74, 6) is 0.478. The lowest BCUT2D eigenvalue weighted by atomic mass is 9.85. The number of hydrogen-bond acceptors (Lipinski definition) is 4. The molecular weight excluding hydrogens is 374 g/mol. The Bertz CT molecular complexity index is 932. The number of hydrogen-bond donors (Lipinski definition) is 3. The zero-order valence-electron chi connectivity index (χ0n) is 15.6. The van der Waals surface area contributed by atoms with Crippen LogP contribution in [0.25, 0.3) is 0 Å². The molecule has 1 saturated carbocycles. The van der Waals surface area contributed by atoms with Crippen molar-refractivity contribution in [1.29, 1.82) is 0 Å². The van der Waals surface area contributed by atoms with Crippen molar-refractivity contribution >= 4 is 27.3 Å². The molecule has 3 atom stereocenters. The molecule has 2 aromatic rings. The number of nitrogens with one attached hydrogen (secondary N) is 3. The molecule has 3 N–H and O–H groups in total. The fourth-order valence-electron chi connectivity index (χ4n) is 4.21. The second-order valence-electron chi connectivity index (χ2n) is 7.59. The highest BCUT2D eigenvalue weighted by atomic mass is 32.2. The first-order chi connectivity index (χ1) is 13.5. The Morgan fingerprint density at radius 3 is 2.50 bits per heavy atom. The Kier molecular flexibility index (Phi) is 5.37. The first-order valence-corrected chi connectivity index (χ1v) is 11.2. The van der Waals surface area contributed by atoms with Crippen LogP contribution >= 0.6 is 0 Å². The van der Waals surface area contributed by atoms with Crippen molar-refractivity contribution in [2.24, 2.45) is 5.92 Å². The summed E-state index contributed by atoms with van der Waals surface area (Å²) in [6.45, 7) is 0. The van der Waals surface area contributed by atoms with Gasteiger partial charge in [0, 0.05) is 17.4 Å². The van der Waals surface area contributed by atoms with E-state index >= 15 is 0 Å². The van der Waals surface area contributed by atoms with Crippen molar-refractivity contribution in [3.63, 3.8) is 0 Å². The summed E-state index contributed by atoms with van der Waals surface area (Å²) in [6, 6.07) is 15.3. The van der Waals surface area contributed by atoms with Gasteiger partial charge in [-0.15, -0.1) is 0 Å². The van der Waals surface area contributed by atoms with Gasteiger partial charge in [-0.2, -0.15) is 0 Å². The number of amides is 1. The molecule has 6 nitrogen and oxygen atoms in total. The standard InChI is InChI=1S/C21H25N3O3S/c25-21(20-13-15-7-4-5-12-19(15)23-20)22-17-10-6-11-18(14-17)28(26,27)24-16-8-2-1-3-9-16/h1-3,6,8-11,14-15,19-20,23-24H,4-5,7,12-13H2,(H,22,25). The number of rotatable bonds is 5. The van der Waals surface area contributed by atoms with Gasteiger partial charge in [0.25, 0.3) is 10.0 Å². The van der Waals surface area contributed by atoms with Crippen LogP contribution in [0.5, 0.6) is 0 Å². The monoisotopic (exact) mass is 399 g/mol. The molecule has 1 aliphatic carbocycles. The lowest BCUT2D eigenvalue weighted by molar-refractivity contribution is -0.117. The molecule has 2 aromatic carbocycles. The van der Waals surface area contributed by atoms with Crippen LogP contribution in [0.2, 0.25) is 0 Å². The topological polar surface area (TPSA) is 87.3 Å². The number of benzene rings is 2. The maximum absolute atomic E-state index is 12.7. The number of sulfonamides is 1. The SMILES string of the molecule is O=C(Nc1cccc(S(=O)(=O)Nc2ccccc2)c1)C1CC2CCCCC2N1. The maximum atomic E-state index is 12.7. The van der Waals surface area contributed by atoms with Gasteiger partial charge in [0.05, 0.1) is 10.9 Å². The van der Waals surface area contributed by atoms with Crippen molar-refractivity contribution in [2.75, 3.05) is 10.0 Å². The zero-order chi connectivity index (χ0) is 19.6. The molecule has 1 amide bonds. The van der Waals surface area contributed by atoms with E-state index in [0.29, 0.717) is 23.3 Å². The van der Waals surface area contributed by atoms with Crippen LogP contribution in [-0.2, 0) is 14.8 Å². The van der Waals surface area contributed by atoms with E-state index in [0.717, 1.165) is 12.8 Å². The largest absolute Gasteiger partial charge is 0.325 e. The molecule has 3 unspecified atom stereocenters. The van der Waals surface area contributed by atoms with Gasteiger partial charge in [-0.05, 0) is 55.5 Å². The number of para-hydroxylation sites is 1. The van der Waals surface area contributed by atoms with Crippen LogP contribution in [0, 0.1) is 5.92 Å². The summed E-state index contributed by atoms with van der Waals surface area (Å²) in [5, 5.41) is 6.32. The van der Waals surface area contributed by atoms with Crippen LogP contribution in [-0.4, -0.2) is 26.4 Å². The molecular formula is C21H25N3O3S. The summed E-state index contributed by atoms with van der Waals surface area (Å²) < 4.78 is 27.8. The Balaban J connectivity index is 1.44. The van der Waals surface area contributed by atoms with E-state index in [-0.39, 0.29) is 16.8 Å². The molecule has 1 saturated heterocycles. The van der Waals surface area contributed by atoms with Crippen molar-refractivity contribution in [1.82, 2.24) is 5.32 Å². The van der Waals surface area contributed by atoms with E-state index in [4.69, 9.17) is 0 Å². The fourth-order valence-corrected chi connectivity index (χ4v) is 5.32. The molecule has 0 radical (unpaired) electrons. The van der Waals surface area contributed by atoms with Gasteiger partial charge in [-0.25, -0.2) is 8.42 Å². The molecule has 2 fully saturated rings. The van der Waals surface area contributed by atoms with Crippen molar-refractivity contribution in [3.8, 4) is 0 Å². The lowest BCUT2D eigenvalue weighted by Crippen LogP contribution is -2.39. The Morgan fingerprint density at radius 1 is 0.964 bits per heavy atom. The van der Waals surface area contributed by atoms with Gasteiger partial charge in [0.2, 0.25) is 5.91 Å². The average Bonchev–Trinajstić information content (AvgIpc) is 3.13. The first kappa shape index (κ1) is 19.0. The number of fused-ring (bicyclic) bond motifs is 1. The molecule has 0 aromatic heterocycles. The van der Waals surface area contributed by atoms with Crippen LogP contribution in [0.15, 0.2) is 59.5 Å². The van der Waals surface area contributed by atoms with E-state index in [1.807, 2.05) is 6.07 Å². The molecule has 1 aliphatic heterocycles. The molecule has 0 bridgehead atoms. The Hall–Kier alpha value is -2.38. The van der Waals surface area contributed by atoms with Crippen molar-refractivity contribution in [3.05, 3.63) is 54.6 Å². The second-order valence-corrected chi connectivity index (χ2v) is 9.28. The predicted molar refractivity (Wildman–Crippen MR) is 110 cm³/mol. The molecule has 7 heteroatoms. The van der Waals surface area contributed by atoms with E-state index < -0.39 is 10.0 Å². The van der Waals surface area contributed by atoms with E-state index in [1.165, 1.54) is 31.4 Å². The fraction of sp³-hybridized carbons (Fsp3) is 0.381. The minimum absolute atomic E-state index is 0.0973. The zero-order valence-corrected chi connectivity index (χ0v) is 16.4. The molecule has 28 heavy (non-hydrogen) atoms. The van der Waals surface area contributed by atoms with Crippen LogP contribution in [0.1, 0.15) is 32.1 Å². The van der Waals surface area contributed by atoms with Crippen molar-refractivity contribution in [2.45, 2.75) is 49.1 Å². The van der Waals surface area contributed by atoms with E-state index in [2.05, 4.69) is 15.4 Å². The third-order valence-corrected chi connectivity index (χ3v) is 7.00. The third kappa shape index (κ3) is 4.20. The van der Waals surface area contributed by atoms with Gasteiger partial charge < -0.3 is 10.6 Å². The van der Waals surface area contributed by atoms with Crippen LogP contribution in [0.4, 0.5) is 11.4 Å². The van der Waals surface area contributed by atoms with Crippen LogP contribution in [0.3, 0.4) is 0 Å². The van der Waals surface area contributed by atoms with Gasteiger partial charge >= 0.3 is 0 Å². The summed E-state index contributed by atoms with van der Waals surface area (Å²) in [4.78, 5) is 12.8. The third-order valence-electron chi connectivity index (χ3n) is 5.62. The summed E-state index contributed by atoms with van der Waals surface area (Å²) in [7, 11) is -3.72. The van der Waals surface area contributed by atoms with E-state index in [1.54, 1.807) is 36.4 Å². The summed E-state index contributed by atoms with van der Waals surface area (Å²) in [5.41, 5.74) is 0.979. The molecule has 4 rings (SSSR count). The quantitative estimate of drug-likeness (QED) is 0.720. The normalized spacial score (nSPS) is 24.4. The Labute approximate surface area is 165 Å². The first-order valence-electron chi connectivity index (χ1n) is 9.76. The molecule has 0 spiro atoms. The number of anilines is 2. The highest BCUT2D eigenvalue weighted by molar-refractivity contribution is 7.92. The molecule has 1 heterocycles. The molecule has 148 valence electrons. The predicted octanol–water partition coefficient (Wildman–Crippen LogP) is 3.35. The van der Waals surface area contributed by atoms with Gasteiger partial charge in [-0.3, -0.25) is 9.52 Å². The van der Waals surface area contributed by atoms with Crippen LogP contribution < -0.4 is 15.4 Å². The summed E-state index contributed by atoms with van der Waals surface area (Å²) in [6.07, 6.45) is 5.63. The Morgan fingerprint density at radius 2 is 1.71 bits per heavy atom. The minimum atomic E-state index is -3.72. The lowest BCUT2D eigenvalue weighted by Gasteiger charge is -2.24. The number of carbonyl (C=O) groups is 1. The van der Waals surface area contributed by atoms with Crippen molar-refractivity contribution < 1.29 is 13.2 Å². The van der Waals surface area contributed by atoms with Gasteiger partial charge in [0.15, 0.2) is 0 Å². The van der Waals surface area contributed by atoms with Gasteiger partial charge in [-0.1, -0.05) is 37.1 Å². The summed E-state index contributed by atoms with van der Waals surface area (Å²) >= 11 is 0. The highest BCUT2D eigenvalue weighted by Crippen LogP contribution is 2.33. The maximum Gasteiger partial charge on any atom is 0.261 e. The highest BCUT2D eigenvalue weighted by Gasteiger charge is 2.38. The van der Waals surface area contributed by atoms with E-state index in [9.17, 15) is 13.2 Å². The average molecular weight is 400 g/mol. The molecule has 2 aliphatic rings. The minimum Gasteiger partial charge on any atom is -0.325 e. The van der Waals surface area contributed by atoms with Gasteiger partial charge in [0.1, 0.15) is 0 Å². The smallest absolute Gasteiger partial charge is 0.261 e. The number of carbonyl (C=O) groups excluding carboxylic acids is 1. The second kappa shape index (κ2) is 7.93.